The van der Waals surface area contributed by atoms with Gasteiger partial charge in [0.15, 0.2) is 17.5 Å². The predicted octanol–water partition coefficient (Wildman–Crippen LogP) is 11.7. The van der Waals surface area contributed by atoms with Gasteiger partial charge in [0.1, 0.15) is 11.5 Å². The normalized spacial score (nSPS) is 13.4. The van der Waals surface area contributed by atoms with Crippen LogP contribution in [0.25, 0.3) is 65.5 Å². The SMILES string of the molecule is c1ccc(-c2nc(-c3ccccc3)nc(-c3ccc4c(c3)C3(c5ccccc5Oc5ccccc53)c3cc5sc6ccccc6c5cc3-4)n2)cc1. The molecule has 0 atom stereocenters. The van der Waals surface area contributed by atoms with Crippen LogP contribution in [0.3, 0.4) is 0 Å². The van der Waals surface area contributed by atoms with Gasteiger partial charge in [0.25, 0.3) is 0 Å². The third kappa shape index (κ3) is 4.10. The number of ether oxygens (including phenoxy) is 1. The first-order chi connectivity index (χ1) is 25.3. The molecule has 4 nitrogen and oxygen atoms in total. The van der Waals surface area contributed by atoms with Gasteiger partial charge in [-0.25, -0.2) is 15.0 Å². The Labute approximate surface area is 298 Å². The zero-order valence-corrected chi connectivity index (χ0v) is 28.1. The number of rotatable bonds is 3. The summed E-state index contributed by atoms with van der Waals surface area (Å²) in [6.07, 6.45) is 0. The van der Waals surface area contributed by atoms with Crippen LogP contribution in [0.15, 0.2) is 164 Å². The van der Waals surface area contributed by atoms with Crippen molar-refractivity contribution < 1.29 is 4.74 Å². The van der Waals surface area contributed by atoms with Gasteiger partial charge in [-0.2, -0.15) is 0 Å². The summed E-state index contributed by atoms with van der Waals surface area (Å²) in [6.45, 7) is 0. The van der Waals surface area contributed by atoms with Crippen molar-refractivity contribution in [2.75, 3.05) is 0 Å². The quantitative estimate of drug-likeness (QED) is 0.188. The summed E-state index contributed by atoms with van der Waals surface area (Å²) in [4.78, 5) is 15.2. The fourth-order valence-electron chi connectivity index (χ4n) is 8.19. The van der Waals surface area contributed by atoms with Crippen LogP contribution >= 0.6 is 11.3 Å². The second kappa shape index (κ2) is 10.8. The third-order valence-electron chi connectivity index (χ3n) is 10.4. The van der Waals surface area contributed by atoms with Crippen LogP contribution in [0.1, 0.15) is 22.3 Å². The summed E-state index contributed by atoms with van der Waals surface area (Å²) in [5.41, 5.74) is 9.39. The highest BCUT2D eigenvalue weighted by Gasteiger charge is 2.51. The van der Waals surface area contributed by atoms with Crippen LogP contribution in [-0.4, -0.2) is 15.0 Å². The highest BCUT2D eigenvalue weighted by Crippen LogP contribution is 2.63. The summed E-state index contributed by atoms with van der Waals surface area (Å²) < 4.78 is 9.22. The lowest BCUT2D eigenvalue weighted by Gasteiger charge is -2.39. The van der Waals surface area contributed by atoms with E-state index in [1.165, 1.54) is 42.4 Å². The molecule has 0 unspecified atom stereocenters. The van der Waals surface area contributed by atoms with Crippen molar-refractivity contribution in [3.8, 4) is 56.8 Å². The minimum absolute atomic E-state index is 0.617. The molecule has 0 N–H and O–H groups in total. The molecular weight excluding hydrogens is 643 g/mol. The lowest BCUT2D eigenvalue weighted by atomic mass is 9.66. The molecule has 7 aromatic carbocycles. The zero-order valence-electron chi connectivity index (χ0n) is 27.2. The molecule has 51 heavy (non-hydrogen) atoms. The molecule has 0 saturated heterocycles. The number of para-hydroxylation sites is 2. The van der Waals surface area contributed by atoms with E-state index >= 15 is 0 Å². The van der Waals surface area contributed by atoms with Crippen LogP contribution in [0.5, 0.6) is 11.5 Å². The summed E-state index contributed by atoms with van der Waals surface area (Å²) in [6, 6.07) is 57.7. The molecule has 0 fully saturated rings. The van der Waals surface area contributed by atoms with E-state index in [1.54, 1.807) is 0 Å². The van der Waals surface area contributed by atoms with E-state index in [2.05, 4.69) is 103 Å². The van der Waals surface area contributed by atoms with Crippen molar-refractivity contribution >= 4 is 31.5 Å². The first kappa shape index (κ1) is 28.4. The smallest absolute Gasteiger partial charge is 0.164 e. The Morgan fingerprint density at radius 3 is 1.61 bits per heavy atom. The molecule has 1 spiro atoms. The number of fused-ring (bicyclic) bond motifs is 12. The lowest BCUT2D eigenvalue weighted by Crippen LogP contribution is -2.32. The van der Waals surface area contributed by atoms with Gasteiger partial charge in [-0.3, -0.25) is 0 Å². The highest BCUT2D eigenvalue weighted by molar-refractivity contribution is 7.25. The number of aromatic nitrogens is 3. The maximum atomic E-state index is 6.64. The Hall–Kier alpha value is -6.43. The number of hydrogen-bond acceptors (Lipinski definition) is 5. The van der Waals surface area contributed by atoms with E-state index in [0.717, 1.165) is 39.3 Å². The van der Waals surface area contributed by atoms with Gasteiger partial charge in [-0.15, -0.1) is 11.3 Å². The third-order valence-corrected chi connectivity index (χ3v) is 11.5. The Kier molecular flexibility index (Phi) is 6.01. The summed E-state index contributed by atoms with van der Waals surface area (Å²) in [7, 11) is 0. The Balaban J connectivity index is 1.23. The van der Waals surface area contributed by atoms with Crippen molar-refractivity contribution in [3.05, 3.63) is 186 Å². The van der Waals surface area contributed by atoms with Gasteiger partial charge < -0.3 is 4.74 Å². The van der Waals surface area contributed by atoms with Crippen molar-refractivity contribution in [3.63, 3.8) is 0 Å². The molecule has 0 saturated carbocycles. The van der Waals surface area contributed by atoms with Gasteiger partial charge in [0.2, 0.25) is 0 Å². The molecule has 11 rings (SSSR count). The molecule has 0 amide bonds. The largest absolute Gasteiger partial charge is 0.457 e. The topological polar surface area (TPSA) is 47.9 Å². The van der Waals surface area contributed by atoms with Crippen LogP contribution in [-0.2, 0) is 5.41 Å². The van der Waals surface area contributed by atoms with E-state index < -0.39 is 5.41 Å². The van der Waals surface area contributed by atoms with Gasteiger partial charge in [-0.05, 0) is 58.7 Å². The van der Waals surface area contributed by atoms with Gasteiger partial charge in [0, 0.05) is 48.0 Å². The average Bonchev–Trinajstić information content (AvgIpc) is 3.70. The highest BCUT2D eigenvalue weighted by atomic mass is 32.1. The molecule has 0 bridgehead atoms. The molecular formula is C46H27N3OS. The van der Waals surface area contributed by atoms with Crippen molar-refractivity contribution in [1.82, 2.24) is 15.0 Å². The monoisotopic (exact) mass is 669 g/mol. The average molecular weight is 670 g/mol. The van der Waals surface area contributed by atoms with Crippen LogP contribution in [0.2, 0.25) is 0 Å². The molecule has 5 heteroatoms. The Morgan fingerprint density at radius 2 is 0.941 bits per heavy atom. The Morgan fingerprint density at radius 1 is 0.392 bits per heavy atom. The van der Waals surface area contributed by atoms with E-state index in [-0.39, 0.29) is 0 Å². The van der Waals surface area contributed by atoms with Crippen LogP contribution in [0, 0.1) is 0 Å². The zero-order chi connectivity index (χ0) is 33.5. The van der Waals surface area contributed by atoms with Gasteiger partial charge in [-0.1, -0.05) is 127 Å². The molecule has 0 radical (unpaired) electrons. The predicted molar refractivity (Wildman–Crippen MR) is 206 cm³/mol. The number of benzene rings is 7. The molecule has 1 aliphatic heterocycles. The summed E-state index contributed by atoms with van der Waals surface area (Å²) >= 11 is 1.86. The minimum atomic E-state index is -0.617. The van der Waals surface area contributed by atoms with E-state index in [4.69, 9.17) is 19.7 Å². The Bertz CT molecular complexity index is 2740. The van der Waals surface area contributed by atoms with Crippen LogP contribution < -0.4 is 4.74 Å². The maximum absolute atomic E-state index is 6.64. The molecule has 1 aliphatic carbocycles. The minimum Gasteiger partial charge on any atom is -0.457 e. The molecule has 3 heterocycles. The van der Waals surface area contributed by atoms with Crippen molar-refractivity contribution in [2.45, 2.75) is 5.41 Å². The van der Waals surface area contributed by atoms with Crippen LogP contribution in [0.4, 0.5) is 0 Å². The summed E-state index contributed by atoms with van der Waals surface area (Å²) in [5.74, 6) is 3.67. The number of nitrogens with zero attached hydrogens (tertiary/aromatic N) is 3. The second-order valence-corrected chi connectivity index (χ2v) is 14.2. The van der Waals surface area contributed by atoms with Gasteiger partial charge in [0.05, 0.1) is 5.41 Å². The van der Waals surface area contributed by atoms with Crippen molar-refractivity contribution in [2.24, 2.45) is 0 Å². The first-order valence-corrected chi connectivity index (χ1v) is 17.9. The maximum Gasteiger partial charge on any atom is 0.164 e. The molecule has 9 aromatic rings. The molecule has 238 valence electrons. The second-order valence-electron chi connectivity index (χ2n) is 13.1. The molecule has 2 aliphatic rings. The fourth-order valence-corrected chi connectivity index (χ4v) is 9.32. The van der Waals surface area contributed by atoms with E-state index in [1.807, 2.05) is 72.0 Å². The van der Waals surface area contributed by atoms with E-state index in [0.29, 0.717) is 17.5 Å². The van der Waals surface area contributed by atoms with Gasteiger partial charge >= 0.3 is 0 Å². The standard InChI is InChI=1S/C46H27N3OS/c1-3-13-28(14-4-1)43-47-44(29-15-5-2-6-16-29)49-45(48-43)30-23-24-31-33-26-34-32-17-7-12-22-41(32)51-42(34)27-38(33)46(37(31)25-30)35-18-8-10-20-39(35)50-40-21-11-9-19-36(40)46/h1-27H. The van der Waals surface area contributed by atoms with E-state index in [9.17, 15) is 0 Å². The van der Waals surface area contributed by atoms with Crippen molar-refractivity contribution in [1.29, 1.82) is 0 Å². The number of thiophene rings is 1. The summed E-state index contributed by atoms with van der Waals surface area (Å²) in [5, 5.41) is 2.58. The lowest BCUT2D eigenvalue weighted by molar-refractivity contribution is 0.436. The fraction of sp³-hybridized carbons (Fsp3) is 0.0217. The molecule has 2 aromatic heterocycles. The first-order valence-electron chi connectivity index (χ1n) is 17.1. The number of hydrogen-bond donors (Lipinski definition) is 0.